The molecule has 17 heavy (non-hydrogen) atoms. The normalized spacial score (nSPS) is 11.2. The first-order chi connectivity index (χ1) is 8.15. The molecule has 0 aliphatic carbocycles. The van der Waals surface area contributed by atoms with E-state index in [-0.39, 0.29) is 0 Å². The van der Waals surface area contributed by atoms with Crippen molar-refractivity contribution in [2.75, 3.05) is 0 Å². The third-order valence-corrected chi connectivity index (χ3v) is 5.59. The first kappa shape index (κ1) is 11.6. The van der Waals surface area contributed by atoms with Gasteiger partial charge in [0.2, 0.25) is 0 Å². The van der Waals surface area contributed by atoms with Gasteiger partial charge in [-0.3, -0.25) is 4.40 Å². The Balaban J connectivity index is 2.24. The van der Waals surface area contributed by atoms with Gasteiger partial charge >= 0.3 is 0 Å². The van der Waals surface area contributed by atoms with E-state index in [0.717, 1.165) is 19.0 Å². The second kappa shape index (κ2) is 4.31. The lowest BCUT2D eigenvalue weighted by atomic mass is 10.4. The Labute approximate surface area is 122 Å². The van der Waals surface area contributed by atoms with Crippen LogP contribution in [0.15, 0.2) is 26.7 Å². The van der Waals surface area contributed by atoms with Crippen LogP contribution in [0, 0.1) is 0 Å². The highest BCUT2D eigenvalue weighted by atomic mass is 79.9. The molecule has 8 heteroatoms. The van der Waals surface area contributed by atoms with Gasteiger partial charge in [0.25, 0.3) is 0 Å². The number of rotatable bonds is 1. The van der Waals surface area contributed by atoms with Gasteiger partial charge in [0.1, 0.15) is 11.5 Å². The highest BCUT2D eigenvalue weighted by Crippen LogP contribution is 2.37. The molecule has 0 aliphatic rings. The zero-order valence-electron chi connectivity index (χ0n) is 8.06. The zero-order valence-corrected chi connectivity index (χ0v) is 12.8. The van der Waals surface area contributed by atoms with Crippen molar-refractivity contribution < 1.29 is 0 Å². The number of hydrogen-bond acceptors (Lipinski definition) is 4. The summed E-state index contributed by atoms with van der Waals surface area (Å²) in [7, 11) is 0. The Morgan fingerprint density at radius 2 is 2.06 bits per heavy atom. The lowest BCUT2D eigenvalue weighted by Crippen LogP contribution is -1.89. The van der Waals surface area contributed by atoms with Crippen LogP contribution < -0.4 is 0 Å². The van der Waals surface area contributed by atoms with Crippen molar-refractivity contribution >= 4 is 60.4 Å². The van der Waals surface area contributed by atoms with E-state index in [0.29, 0.717) is 10.8 Å². The van der Waals surface area contributed by atoms with E-state index >= 15 is 0 Å². The molecule has 0 saturated carbocycles. The van der Waals surface area contributed by atoms with Crippen LogP contribution >= 0.6 is 54.8 Å². The number of aromatic nitrogens is 4. The van der Waals surface area contributed by atoms with Crippen molar-refractivity contribution in [2.24, 2.45) is 0 Å². The van der Waals surface area contributed by atoms with E-state index in [1.165, 1.54) is 0 Å². The summed E-state index contributed by atoms with van der Waals surface area (Å²) in [6, 6.07) is 3.66. The van der Waals surface area contributed by atoms with Crippen molar-refractivity contribution in [3.8, 4) is 10.7 Å². The van der Waals surface area contributed by atoms with Crippen LogP contribution in [0.25, 0.3) is 16.3 Å². The van der Waals surface area contributed by atoms with Crippen LogP contribution in [-0.2, 0) is 0 Å². The maximum Gasteiger partial charge on any atom is 0.179 e. The van der Waals surface area contributed by atoms with Gasteiger partial charge < -0.3 is 0 Å². The molecule has 4 nitrogen and oxygen atoms in total. The molecule has 0 fully saturated rings. The SMILES string of the molecule is Clc1cc2nnc(-c3cc(Br)c(Br)s3)n2cn1. The Morgan fingerprint density at radius 3 is 2.76 bits per heavy atom. The van der Waals surface area contributed by atoms with Crippen LogP contribution in [0.4, 0.5) is 0 Å². The fourth-order valence-corrected chi connectivity index (χ4v) is 3.56. The molecule has 0 saturated heterocycles. The number of thiophene rings is 1. The predicted octanol–water partition coefficient (Wildman–Crippen LogP) is 4.03. The van der Waals surface area contributed by atoms with Crippen LogP contribution in [0.3, 0.4) is 0 Å². The largest absolute Gasteiger partial charge is 0.264 e. The highest BCUT2D eigenvalue weighted by molar-refractivity contribution is 9.13. The summed E-state index contributed by atoms with van der Waals surface area (Å²) in [5.74, 6) is 0.751. The molecule has 0 unspecified atom stereocenters. The minimum atomic E-state index is 0.407. The molecule has 0 atom stereocenters. The maximum atomic E-state index is 5.80. The fourth-order valence-electron chi connectivity index (χ4n) is 1.40. The first-order valence-corrected chi connectivity index (χ1v) is 7.24. The van der Waals surface area contributed by atoms with Crippen molar-refractivity contribution in [3.63, 3.8) is 0 Å². The maximum absolute atomic E-state index is 5.80. The van der Waals surface area contributed by atoms with Gasteiger partial charge in [-0.25, -0.2) is 4.98 Å². The predicted molar refractivity (Wildman–Crippen MR) is 74.5 cm³/mol. The monoisotopic (exact) mass is 392 g/mol. The summed E-state index contributed by atoms with van der Waals surface area (Å²) in [5.41, 5.74) is 0.681. The number of halogens is 3. The quantitative estimate of drug-likeness (QED) is 0.585. The molecular weight excluding hydrogens is 391 g/mol. The van der Waals surface area contributed by atoms with Gasteiger partial charge in [-0.05, 0) is 37.9 Å². The van der Waals surface area contributed by atoms with Crippen LogP contribution in [-0.4, -0.2) is 19.6 Å². The smallest absolute Gasteiger partial charge is 0.179 e. The minimum absolute atomic E-state index is 0.407. The molecule has 3 rings (SSSR count). The highest BCUT2D eigenvalue weighted by Gasteiger charge is 2.13. The lowest BCUT2D eigenvalue weighted by molar-refractivity contribution is 1.08. The van der Waals surface area contributed by atoms with Gasteiger partial charge in [-0.1, -0.05) is 11.6 Å². The molecule has 86 valence electrons. The summed E-state index contributed by atoms with van der Waals surface area (Å²) in [6.45, 7) is 0. The average Bonchev–Trinajstić information content (AvgIpc) is 2.83. The van der Waals surface area contributed by atoms with Crippen molar-refractivity contribution in [1.29, 1.82) is 0 Å². The van der Waals surface area contributed by atoms with Crippen LogP contribution in [0.5, 0.6) is 0 Å². The average molecular weight is 394 g/mol. The Kier molecular flexibility index (Phi) is 2.94. The molecule has 0 aliphatic heterocycles. The van der Waals surface area contributed by atoms with Gasteiger partial charge in [0.05, 0.1) is 8.66 Å². The van der Waals surface area contributed by atoms with E-state index in [1.54, 1.807) is 28.1 Å². The lowest BCUT2D eigenvalue weighted by Gasteiger charge is -1.95. The van der Waals surface area contributed by atoms with E-state index < -0.39 is 0 Å². The van der Waals surface area contributed by atoms with Gasteiger partial charge in [0.15, 0.2) is 11.5 Å². The summed E-state index contributed by atoms with van der Waals surface area (Å²) >= 11 is 14.3. The summed E-state index contributed by atoms with van der Waals surface area (Å²) in [6.07, 6.45) is 1.62. The summed E-state index contributed by atoms with van der Waals surface area (Å²) < 4.78 is 3.82. The summed E-state index contributed by atoms with van der Waals surface area (Å²) in [4.78, 5) is 5.02. The Hall–Kier alpha value is -0.500. The van der Waals surface area contributed by atoms with Crippen LogP contribution in [0.2, 0.25) is 5.15 Å². The zero-order chi connectivity index (χ0) is 12.0. The van der Waals surface area contributed by atoms with Crippen molar-refractivity contribution in [3.05, 3.63) is 31.9 Å². The van der Waals surface area contributed by atoms with Gasteiger partial charge in [-0.2, -0.15) is 0 Å². The van der Waals surface area contributed by atoms with E-state index in [9.17, 15) is 0 Å². The van der Waals surface area contributed by atoms with Crippen LogP contribution in [0.1, 0.15) is 0 Å². The fraction of sp³-hybridized carbons (Fsp3) is 0. The third-order valence-electron chi connectivity index (χ3n) is 2.13. The second-order valence-electron chi connectivity index (χ2n) is 3.20. The minimum Gasteiger partial charge on any atom is -0.264 e. The number of fused-ring (bicyclic) bond motifs is 1. The number of nitrogens with zero attached hydrogens (tertiary/aromatic N) is 4. The Morgan fingerprint density at radius 1 is 1.24 bits per heavy atom. The van der Waals surface area contributed by atoms with E-state index in [1.807, 2.05) is 6.07 Å². The molecule has 3 aromatic rings. The molecule has 0 amide bonds. The first-order valence-electron chi connectivity index (χ1n) is 4.46. The second-order valence-corrected chi connectivity index (χ2v) is 6.81. The Bertz CT molecular complexity index is 689. The van der Waals surface area contributed by atoms with Crippen molar-refractivity contribution in [2.45, 2.75) is 0 Å². The third kappa shape index (κ3) is 2.01. The topological polar surface area (TPSA) is 43.1 Å². The molecule has 0 N–H and O–H groups in total. The number of hydrogen-bond donors (Lipinski definition) is 0. The molecule has 0 radical (unpaired) electrons. The van der Waals surface area contributed by atoms with Crippen molar-refractivity contribution in [1.82, 2.24) is 19.6 Å². The van der Waals surface area contributed by atoms with E-state index in [2.05, 4.69) is 47.0 Å². The van der Waals surface area contributed by atoms with Gasteiger partial charge in [-0.15, -0.1) is 21.5 Å². The standard InChI is InChI=1S/C9H3Br2ClN4S/c10-4-1-5(17-8(4)11)9-15-14-7-2-6(12)13-3-16(7)9/h1-3H. The molecule has 3 heterocycles. The summed E-state index contributed by atoms with van der Waals surface area (Å²) in [5, 5.41) is 8.61. The molecule has 3 aromatic heterocycles. The van der Waals surface area contributed by atoms with E-state index in [4.69, 9.17) is 11.6 Å². The molecule has 0 aromatic carbocycles. The molecule has 0 bridgehead atoms. The van der Waals surface area contributed by atoms with Gasteiger partial charge in [0, 0.05) is 10.5 Å². The molecule has 0 spiro atoms. The molecular formula is C9H3Br2ClN4S.